The Kier molecular flexibility index (Phi) is 6.13. The van der Waals surface area contributed by atoms with Gasteiger partial charge < -0.3 is 15.3 Å². The van der Waals surface area contributed by atoms with Crippen molar-refractivity contribution in [2.24, 2.45) is 4.99 Å². The molecule has 0 saturated heterocycles. The number of carbonyl (C=O) groups is 1. The van der Waals surface area contributed by atoms with Crippen molar-refractivity contribution in [1.29, 1.82) is 0 Å². The minimum atomic E-state index is -0.480. The maximum absolute atomic E-state index is 12.4. The second-order valence-corrected chi connectivity index (χ2v) is 4.76. The van der Waals surface area contributed by atoms with Crippen LogP contribution in [0.3, 0.4) is 0 Å². The number of nitrogens with one attached hydrogen (secondary N) is 1. The van der Waals surface area contributed by atoms with Gasteiger partial charge in [-0.2, -0.15) is 0 Å². The smallest absolute Gasteiger partial charge is 0.276 e. The zero-order valence-electron chi connectivity index (χ0n) is 13.1. The van der Waals surface area contributed by atoms with E-state index in [0.717, 1.165) is 5.56 Å². The average molecular weight is 299 g/mol. The summed E-state index contributed by atoms with van der Waals surface area (Å²) in [4.78, 5) is 17.9. The second-order valence-electron chi connectivity index (χ2n) is 4.76. The third-order valence-corrected chi connectivity index (χ3v) is 2.95. The molecule has 0 radical (unpaired) electrons. The lowest BCUT2D eigenvalue weighted by atomic mass is 10.1. The number of aryl methyl sites for hydroxylation is 1. The molecule has 0 atom stereocenters. The molecule has 5 nitrogen and oxygen atoms in total. The highest BCUT2D eigenvalue weighted by Crippen LogP contribution is 2.21. The summed E-state index contributed by atoms with van der Waals surface area (Å²) < 4.78 is 0. The van der Waals surface area contributed by atoms with Gasteiger partial charge in [0, 0.05) is 25.9 Å². The number of benzene rings is 1. The van der Waals surface area contributed by atoms with Crippen LogP contribution in [0.25, 0.3) is 5.76 Å². The van der Waals surface area contributed by atoms with Gasteiger partial charge in [0.1, 0.15) is 11.5 Å². The second kappa shape index (κ2) is 7.83. The highest BCUT2D eigenvalue weighted by atomic mass is 16.3. The van der Waals surface area contributed by atoms with Crippen molar-refractivity contribution in [3.8, 4) is 0 Å². The number of carbonyl (C=O) groups excluding carboxylic acids is 1. The maximum Gasteiger partial charge on any atom is 0.276 e. The molecule has 1 amide bonds. The Morgan fingerprint density at radius 3 is 2.45 bits per heavy atom. The molecule has 22 heavy (non-hydrogen) atoms. The summed E-state index contributed by atoms with van der Waals surface area (Å²) in [6, 6.07) is 7.30. The molecule has 0 fully saturated rings. The van der Waals surface area contributed by atoms with Crippen molar-refractivity contribution in [3.05, 3.63) is 66.5 Å². The van der Waals surface area contributed by atoms with Crippen LogP contribution in [0.1, 0.15) is 11.1 Å². The summed E-state index contributed by atoms with van der Waals surface area (Å²) in [5, 5.41) is 13.1. The number of aliphatic imine (C=N–C) groups is 1. The van der Waals surface area contributed by atoms with Crippen LogP contribution >= 0.6 is 0 Å². The standard InChI is InChI=1S/C17H21N3O2/c1-6-14(18-7-2)19-17(22)15(20(4)5)16(21)13-11-9-8-10-12(13)3/h6-11,21H,1-2H2,3-5H3,(H,18,19,22)/b16-15+. The Hall–Kier alpha value is -2.82. The van der Waals surface area contributed by atoms with E-state index in [0.29, 0.717) is 5.56 Å². The van der Waals surface area contributed by atoms with Crippen molar-refractivity contribution >= 4 is 17.5 Å². The lowest BCUT2D eigenvalue weighted by molar-refractivity contribution is -0.117. The largest absolute Gasteiger partial charge is 0.505 e. The van der Waals surface area contributed by atoms with Crippen LogP contribution in [0.2, 0.25) is 0 Å². The molecule has 0 heterocycles. The van der Waals surface area contributed by atoms with Crippen molar-refractivity contribution < 1.29 is 9.90 Å². The predicted molar refractivity (Wildman–Crippen MR) is 90.4 cm³/mol. The number of hydrogen-bond acceptors (Lipinski definition) is 4. The maximum atomic E-state index is 12.4. The van der Waals surface area contributed by atoms with E-state index in [1.54, 1.807) is 31.1 Å². The molecular formula is C17H21N3O2. The molecule has 0 aliphatic rings. The van der Waals surface area contributed by atoms with Gasteiger partial charge in [0.25, 0.3) is 5.91 Å². The molecule has 5 heteroatoms. The molecule has 0 saturated carbocycles. The van der Waals surface area contributed by atoms with Gasteiger partial charge in [-0.3, -0.25) is 4.79 Å². The highest BCUT2D eigenvalue weighted by molar-refractivity contribution is 6.11. The van der Waals surface area contributed by atoms with Crippen molar-refractivity contribution in [3.63, 3.8) is 0 Å². The number of likely N-dealkylation sites (N-methyl/N-ethyl adjacent to an activating group) is 1. The number of amides is 1. The third kappa shape index (κ3) is 4.09. The molecule has 116 valence electrons. The van der Waals surface area contributed by atoms with Crippen LogP contribution in [0.4, 0.5) is 0 Å². The highest BCUT2D eigenvalue weighted by Gasteiger charge is 2.20. The summed E-state index contributed by atoms with van der Waals surface area (Å²) >= 11 is 0. The molecule has 2 N–H and O–H groups in total. The number of nitrogens with zero attached hydrogens (tertiary/aromatic N) is 2. The Bertz CT molecular complexity index is 643. The number of hydrogen-bond donors (Lipinski definition) is 2. The fourth-order valence-electron chi connectivity index (χ4n) is 1.90. The number of amidine groups is 1. The average Bonchev–Trinajstić information content (AvgIpc) is 2.46. The van der Waals surface area contributed by atoms with Gasteiger partial charge in [-0.1, -0.05) is 37.4 Å². The molecule has 0 aromatic heterocycles. The lowest BCUT2D eigenvalue weighted by Gasteiger charge is -2.19. The minimum Gasteiger partial charge on any atom is -0.505 e. The van der Waals surface area contributed by atoms with E-state index < -0.39 is 5.91 Å². The number of rotatable bonds is 5. The Balaban J connectivity index is 3.28. The van der Waals surface area contributed by atoms with E-state index in [4.69, 9.17) is 0 Å². The van der Waals surface area contributed by atoms with E-state index >= 15 is 0 Å². The topological polar surface area (TPSA) is 64.9 Å². The van der Waals surface area contributed by atoms with E-state index in [1.165, 1.54) is 12.3 Å². The molecule has 0 aliphatic heterocycles. The number of aliphatic hydroxyl groups excluding tert-OH is 1. The molecule has 1 aromatic rings. The van der Waals surface area contributed by atoms with Crippen LogP contribution in [-0.2, 0) is 4.79 Å². The Labute approximate surface area is 131 Å². The predicted octanol–water partition coefficient (Wildman–Crippen LogP) is 2.63. The normalized spacial score (nSPS) is 12.2. The van der Waals surface area contributed by atoms with Gasteiger partial charge in [0.2, 0.25) is 0 Å². The van der Waals surface area contributed by atoms with Crippen molar-refractivity contribution in [2.75, 3.05) is 14.1 Å². The van der Waals surface area contributed by atoms with E-state index in [1.807, 2.05) is 19.1 Å². The van der Waals surface area contributed by atoms with Gasteiger partial charge in [-0.15, -0.1) is 0 Å². The zero-order chi connectivity index (χ0) is 16.7. The SMILES string of the molecule is C=CN=C(C=C)NC(=O)/C(=C(\O)c1ccccc1C)N(C)C. The molecule has 0 spiro atoms. The van der Waals surface area contributed by atoms with E-state index in [-0.39, 0.29) is 17.3 Å². The zero-order valence-corrected chi connectivity index (χ0v) is 13.1. The summed E-state index contributed by atoms with van der Waals surface area (Å²) in [6.07, 6.45) is 2.70. The summed E-state index contributed by atoms with van der Waals surface area (Å²) in [5.41, 5.74) is 1.60. The van der Waals surface area contributed by atoms with Crippen LogP contribution < -0.4 is 5.32 Å². The third-order valence-electron chi connectivity index (χ3n) is 2.95. The van der Waals surface area contributed by atoms with Crippen LogP contribution in [-0.4, -0.2) is 35.8 Å². The van der Waals surface area contributed by atoms with Crippen molar-refractivity contribution in [1.82, 2.24) is 10.2 Å². The fourth-order valence-corrected chi connectivity index (χ4v) is 1.90. The van der Waals surface area contributed by atoms with Gasteiger partial charge >= 0.3 is 0 Å². The van der Waals surface area contributed by atoms with Gasteiger partial charge in [0.05, 0.1) is 0 Å². The Morgan fingerprint density at radius 1 is 1.32 bits per heavy atom. The van der Waals surface area contributed by atoms with E-state index in [2.05, 4.69) is 23.5 Å². The first-order valence-corrected chi connectivity index (χ1v) is 6.71. The Morgan fingerprint density at radius 2 is 1.95 bits per heavy atom. The molecule has 1 rings (SSSR count). The molecule has 0 aliphatic carbocycles. The monoisotopic (exact) mass is 299 g/mol. The summed E-state index contributed by atoms with van der Waals surface area (Å²) in [5.74, 6) is -0.314. The van der Waals surface area contributed by atoms with Gasteiger partial charge in [0.15, 0.2) is 5.76 Å². The van der Waals surface area contributed by atoms with Crippen LogP contribution in [0.5, 0.6) is 0 Å². The van der Waals surface area contributed by atoms with Crippen molar-refractivity contribution in [2.45, 2.75) is 6.92 Å². The first-order valence-electron chi connectivity index (χ1n) is 6.71. The van der Waals surface area contributed by atoms with E-state index in [9.17, 15) is 9.90 Å². The summed E-state index contributed by atoms with van der Waals surface area (Å²) in [6.45, 7) is 8.91. The first-order chi connectivity index (χ1) is 10.4. The van der Waals surface area contributed by atoms with Crippen LogP contribution in [0.15, 0.2) is 60.4 Å². The number of aliphatic hydroxyl groups is 1. The van der Waals surface area contributed by atoms with Gasteiger partial charge in [-0.05, 0) is 18.6 Å². The summed E-state index contributed by atoms with van der Waals surface area (Å²) in [7, 11) is 3.36. The molecular weight excluding hydrogens is 278 g/mol. The lowest BCUT2D eigenvalue weighted by Crippen LogP contribution is -2.35. The molecule has 0 bridgehead atoms. The minimum absolute atomic E-state index is 0.0948. The quantitative estimate of drug-likeness (QED) is 0.380. The molecule has 0 unspecified atom stereocenters. The van der Waals surface area contributed by atoms with Gasteiger partial charge in [-0.25, -0.2) is 4.99 Å². The fraction of sp³-hybridized carbons (Fsp3) is 0.176. The molecule has 1 aromatic carbocycles. The van der Waals surface area contributed by atoms with Crippen LogP contribution in [0, 0.1) is 6.92 Å². The first kappa shape index (κ1) is 17.2.